The van der Waals surface area contributed by atoms with Crippen LogP contribution in [0.1, 0.15) is 5.56 Å². The quantitative estimate of drug-likeness (QED) is 0.830. The third-order valence-corrected chi connectivity index (χ3v) is 3.21. The first-order valence-corrected chi connectivity index (χ1v) is 6.29. The first-order chi connectivity index (χ1) is 8.25. The van der Waals surface area contributed by atoms with Crippen molar-refractivity contribution in [1.82, 2.24) is 0 Å². The predicted molar refractivity (Wildman–Crippen MR) is 74.0 cm³/mol. The molecule has 0 bridgehead atoms. The molecule has 0 aliphatic heterocycles. The number of halogens is 2. The van der Waals surface area contributed by atoms with Gasteiger partial charge < -0.3 is 0 Å². The summed E-state index contributed by atoms with van der Waals surface area (Å²) in [5, 5.41) is 0.680. The summed E-state index contributed by atoms with van der Waals surface area (Å²) < 4.78 is 1.04. The lowest BCUT2D eigenvalue weighted by molar-refractivity contribution is 0.180. The molecule has 0 aliphatic carbocycles. The number of hydrogen-bond donors (Lipinski definition) is 1. The minimum absolute atomic E-state index is 0.480. The topological polar surface area (TPSA) is 21.3 Å². The van der Waals surface area contributed by atoms with Gasteiger partial charge in [-0.1, -0.05) is 51.8 Å². The molecule has 2 rings (SSSR count). The molecular formula is C13H11BrClNO. The van der Waals surface area contributed by atoms with E-state index in [2.05, 4.69) is 21.4 Å². The van der Waals surface area contributed by atoms with Crippen molar-refractivity contribution in [2.24, 2.45) is 0 Å². The van der Waals surface area contributed by atoms with Crippen LogP contribution in [-0.4, -0.2) is 0 Å². The van der Waals surface area contributed by atoms with Crippen LogP contribution in [0.3, 0.4) is 0 Å². The van der Waals surface area contributed by atoms with E-state index in [0.717, 1.165) is 15.7 Å². The van der Waals surface area contributed by atoms with E-state index in [1.165, 1.54) is 0 Å². The van der Waals surface area contributed by atoms with E-state index in [9.17, 15) is 0 Å². The lowest BCUT2D eigenvalue weighted by Gasteiger charge is -2.08. The molecule has 0 unspecified atom stereocenters. The molecular weight excluding hydrogens is 302 g/mol. The lowest BCUT2D eigenvalue weighted by Crippen LogP contribution is -2.01. The summed E-state index contributed by atoms with van der Waals surface area (Å²) in [7, 11) is 0. The zero-order valence-electron chi connectivity index (χ0n) is 8.99. The highest BCUT2D eigenvalue weighted by Gasteiger charge is 1.99. The van der Waals surface area contributed by atoms with Crippen LogP contribution < -0.4 is 5.48 Å². The van der Waals surface area contributed by atoms with Crippen LogP contribution in [0.2, 0.25) is 5.02 Å². The summed E-state index contributed by atoms with van der Waals surface area (Å²) >= 11 is 9.33. The molecule has 4 heteroatoms. The van der Waals surface area contributed by atoms with Crippen molar-refractivity contribution < 1.29 is 4.84 Å². The molecule has 88 valence electrons. The maximum Gasteiger partial charge on any atom is 0.101 e. The first kappa shape index (κ1) is 12.4. The van der Waals surface area contributed by atoms with Crippen molar-refractivity contribution in [3.8, 4) is 0 Å². The Hall–Kier alpha value is -1.03. The Balaban J connectivity index is 1.90. The van der Waals surface area contributed by atoms with E-state index in [-0.39, 0.29) is 0 Å². The van der Waals surface area contributed by atoms with Gasteiger partial charge in [0.05, 0.1) is 5.69 Å². The Morgan fingerprint density at radius 2 is 1.94 bits per heavy atom. The largest absolute Gasteiger partial charge is 0.271 e. The van der Waals surface area contributed by atoms with Crippen molar-refractivity contribution in [2.45, 2.75) is 6.61 Å². The summed E-state index contributed by atoms with van der Waals surface area (Å²) in [4.78, 5) is 5.40. The van der Waals surface area contributed by atoms with Gasteiger partial charge in [0.25, 0.3) is 0 Å². The van der Waals surface area contributed by atoms with Gasteiger partial charge in [-0.25, -0.2) is 0 Å². The Morgan fingerprint density at radius 1 is 1.12 bits per heavy atom. The molecule has 0 radical (unpaired) electrons. The van der Waals surface area contributed by atoms with Gasteiger partial charge >= 0.3 is 0 Å². The standard InChI is InChI=1S/C13H11BrClNO/c14-13-7-2-1-4-10(13)9-17-16-12-6-3-5-11(15)8-12/h1-8,16H,9H2. The van der Waals surface area contributed by atoms with Gasteiger partial charge in [-0.15, -0.1) is 0 Å². The highest BCUT2D eigenvalue weighted by molar-refractivity contribution is 9.10. The van der Waals surface area contributed by atoms with Crippen LogP contribution in [-0.2, 0) is 11.4 Å². The molecule has 0 aromatic heterocycles. The monoisotopic (exact) mass is 311 g/mol. The predicted octanol–water partition coefficient (Wildman–Crippen LogP) is 4.65. The fourth-order valence-electron chi connectivity index (χ4n) is 1.36. The Morgan fingerprint density at radius 3 is 2.71 bits per heavy atom. The van der Waals surface area contributed by atoms with Crippen LogP contribution in [0.5, 0.6) is 0 Å². The first-order valence-electron chi connectivity index (χ1n) is 5.12. The van der Waals surface area contributed by atoms with Gasteiger partial charge in [0, 0.05) is 9.50 Å². The Kier molecular flexibility index (Phi) is 4.42. The van der Waals surface area contributed by atoms with E-state index in [4.69, 9.17) is 16.4 Å². The van der Waals surface area contributed by atoms with Crippen molar-refractivity contribution >= 4 is 33.2 Å². The second kappa shape index (κ2) is 6.05. The molecule has 2 aromatic carbocycles. The summed E-state index contributed by atoms with van der Waals surface area (Å²) in [5.41, 5.74) is 4.78. The maximum absolute atomic E-state index is 5.86. The summed E-state index contributed by atoms with van der Waals surface area (Å²) in [6, 6.07) is 15.3. The van der Waals surface area contributed by atoms with E-state index in [0.29, 0.717) is 11.6 Å². The number of hydrogen-bond acceptors (Lipinski definition) is 2. The van der Waals surface area contributed by atoms with E-state index < -0.39 is 0 Å². The molecule has 0 saturated heterocycles. The van der Waals surface area contributed by atoms with Crippen molar-refractivity contribution in [3.63, 3.8) is 0 Å². The molecule has 0 aliphatic rings. The number of benzene rings is 2. The maximum atomic E-state index is 5.86. The fraction of sp³-hybridized carbons (Fsp3) is 0.0769. The fourth-order valence-corrected chi connectivity index (χ4v) is 1.95. The zero-order valence-corrected chi connectivity index (χ0v) is 11.3. The minimum Gasteiger partial charge on any atom is -0.271 e. The van der Waals surface area contributed by atoms with Crippen LogP contribution in [0.25, 0.3) is 0 Å². The summed E-state index contributed by atoms with van der Waals surface area (Å²) in [6.45, 7) is 0.480. The van der Waals surface area contributed by atoms with Gasteiger partial charge in [-0.05, 0) is 29.8 Å². The normalized spacial score (nSPS) is 10.2. The highest BCUT2D eigenvalue weighted by atomic mass is 79.9. The van der Waals surface area contributed by atoms with E-state index >= 15 is 0 Å². The molecule has 2 nitrogen and oxygen atoms in total. The third kappa shape index (κ3) is 3.73. The van der Waals surface area contributed by atoms with Crippen LogP contribution >= 0.6 is 27.5 Å². The summed E-state index contributed by atoms with van der Waals surface area (Å²) in [6.07, 6.45) is 0. The summed E-state index contributed by atoms with van der Waals surface area (Å²) in [5.74, 6) is 0. The molecule has 0 saturated carbocycles. The van der Waals surface area contributed by atoms with Gasteiger partial charge in [0.1, 0.15) is 6.61 Å². The van der Waals surface area contributed by atoms with Crippen molar-refractivity contribution in [2.75, 3.05) is 5.48 Å². The number of rotatable bonds is 4. The van der Waals surface area contributed by atoms with Gasteiger partial charge in [-0.3, -0.25) is 10.3 Å². The van der Waals surface area contributed by atoms with Crippen LogP contribution in [0.4, 0.5) is 5.69 Å². The molecule has 17 heavy (non-hydrogen) atoms. The van der Waals surface area contributed by atoms with Crippen molar-refractivity contribution in [1.29, 1.82) is 0 Å². The average molecular weight is 313 g/mol. The molecule has 0 atom stereocenters. The van der Waals surface area contributed by atoms with Crippen LogP contribution in [0, 0.1) is 0 Å². The molecule has 2 aromatic rings. The smallest absolute Gasteiger partial charge is 0.101 e. The van der Waals surface area contributed by atoms with Gasteiger partial charge in [0.15, 0.2) is 0 Å². The lowest BCUT2D eigenvalue weighted by atomic mass is 10.2. The number of anilines is 1. The molecule has 0 fully saturated rings. The van der Waals surface area contributed by atoms with Crippen molar-refractivity contribution in [3.05, 3.63) is 63.6 Å². The molecule has 0 heterocycles. The molecule has 1 N–H and O–H groups in total. The third-order valence-electron chi connectivity index (χ3n) is 2.20. The minimum atomic E-state index is 0.480. The van der Waals surface area contributed by atoms with E-state index in [1.54, 1.807) is 0 Å². The second-order valence-electron chi connectivity index (χ2n) is 3.49. The Bertz CT molecular complexity index is 504. The second-order valence-corrected chi connectivity index (χ2v) is 4.78. The molecule has 0 amide bonds. The average Bonchev–Trinajstić information content (AvgIpc) is 2.32. The van der Waals surface area contributed by atoms with Crippen LogP contribution in [0.15, 0.2) is 53.0 Å². The molecule has 0 spiro atoms. The highest BCUT2D eigenvalue weighted by Crippen LogP contribution is 2.18. The van der Waals surface area contributed by atoms with Gasteiger partial charge in [-0.2, -0.15) is 0 Å². The van der Waals surface area contributed by atoms with Gasteiger partial charge in [0.2, 0.25) is 0 Å². The van der Waals surface area contributed by atoms with E-state index in [1.807, 2.05) is 48.5 Å². The number of nitrogens with one attached hydrogen (secondary N) is 1. The SMILES string of the molecule is Clc1cccc(NOCc2ccccc2Br)c1. The Labute approximate surface area is 114 Å². The zero-order chi connectivity index (χ0) is 12.1.